The predicted octanol–water partition coefficient (Wildman–Crippen LogP) is 2.51. The highest BCUT2D eigenvalue weighted by Crippen LogP contribution is 2.23. The van der Waals surface area contributed by atoms with Gasteiger partial charge in [-0.3, -0.25) is 9.80 Å². The Labute approximate surface area is 129 Å². The van der Waals surface area contributed by atoms with Crippen molar-refractivity contribution in [3.05, 3.63) is 35.9 Å². The number of benzene rings is 1. The van der Waals surface area contributed by atoms with Gasteiger partial charge in [0.15, 0.2) is 0 Å². The van der Waals surface area contributed by atoms with E-state index < -0.39 is 0 Å². The van der Waals surface area contributed by atoms with Crippen molar-refractivity contribution < 1.29 is 0 Å². The topological polar surface area (TPSA) is 18.5 Å². The fourth-order valence-electron chi connectivity index (χ4n) is 3.77. The first-order valence-corrected chi connectivity index (χ1v) is 8.61. The molecule has 3 heteroatoms. The molecule has 2 atom stereocenters. The zero-order valence-corrected chi connectivity index (χ0v) is 13.3. The van der Waals surface area contributed by atoms with Crippen LogP contribution in [0.15, 0.2) is 30.3 Å². The van der Waals surface area contributed by atoms with E-state index in [1.165, 1.54) is 51.0 Å². The zero-order valence-electron chi connectivity index (χ0n) is 13.3. The highest BCUT2D eigenvalue weighted by Gasteiger charge is 2.31. The molecule has 2 unspecified atom stereocenters. The SMILES string of the molecule is CCCNC(CN1CCN2CCCC2C1)c1ccccc1. The molecule has 0 aliphatic carbocycles. The van der Waals surface area contributed by atoms with Crippen molar-refractivity contribution in [2.24, 2.45) is 0 Å². The number of rotatable bonds is 6. The van der Waals surface area contributed by atoms with Crippen LogP contribution in [0.5, 0.6) is 0 Å². The molecule has 0 bridgehead atoms. The largest absolute Gasteiger partial charge is 0.309 e. The summed E-state index contributed by atoms with van der Waals surface area (Å²) in [4.78, 5) is 5.36. The standard InChI is InChI=1S/C18H29N3/c1-2-10-19-18(16-7-4-3-5-8-16)15-20-12-13-21-11-6-9-17(21)14-20/h3-5,7-8,17-19H,2,6,9-15H2,1H3. The van der Waals surface area contributed by atoms with Gasteiger partial charge < -0.3 is 5.32 Å². The second-order valence-corrected chi connectivity index (χ2v) is 6.51. The van der Waals surface area contributed by atoms with Crippen molar-refractivity contribution in [1.82, 2.24) is 15.1 Å². The van der Waals surface area contributed by atoms with Gasteiger partial charge in [-0.2, -0.15) is 0 Å². The second kappa shape index (κ2) is 7.39. The van der Waals surface area contributed by atoms with Gasteiger partial charge in [0.1, 0.15) is 0 Å². The van der Waals surface area contributed by atoms with Gasteiger partial charge in [0, 0.05) is 38.3 Å². The van der Waals surface area contributed by atoms with Gasteiger partial charge in [-0.25, -0.2) is 0 Å². The van der Waals surface area contributed by atoms with Gasteiger partial charge in [-0.05, 0) is 37.9 Å². The van der Waals surface area contributed by atoms with E-state index in [9.17, 15) is 0 Å². The van der Waals surface area contributed by atoms with E-state index in [1.54, 1.807) is 0 Å². The molecule has 1 aromatic carbocycles. The minimum atomic E-state index is 0.471. The summed E-state index contributed by atoms with van der Waals surface area (Å²) in [6.07, 6.45) is 3.99. The quantitative estimate of drug-likeness (QED) is 0.867. The smallest absolute Gasteiger partial charge is 0.0449 e. The van der Waals surface area contributed by atoms with E-state index in [0.717, 1.165) is 19.1 Å². The lowest BCUT2D eigenvalue weighted by molar-refractivity contribution is 0.0963. The van der Waals surface area contributed by atoms with Crippen molar-refractivity contribution in [2.75, 3.05) is 39.3 Å². The summed E-state index contributed by atoms with van der Waals surface area (Å²) in [6, 6.07) is 12.2. The van der Waals surface area contributed by atoms with Crippen LogP contribution in [0.25, 0.3) is 0 Å². The van der Waals surface area contributed by atoms with E-state index in [1.807, 2.05) is 0 Å². The number of nitrogens with one attached hydrogen (secondary N) is 1. The predicted molar refractivity (Wildman–Crippen MR) is 88.5 cm³/mol. The molecule has 2 heterocycles. The normalized spacial score (nSPS) is 24.9. The Kier molecular flexibility index (Phi) is 5.28. The average Bonchev–Trinajstić information content (AvgIpc) is 3.00. The zero-order chi connectivity index (χ0) is 14.5. The first-order valence-electron chi connectivity index (χ1n) is 8.61. The highest BCUT2D eigenvalue weighted by molar-refractivity contribution is 5.19. The summed E-state index contributed by atoms with van der Waals surface area (Å²) in [6.45, 7) is 9.57. The van der Waals surface area contributed by atoms with Gasteiger partial charge in [0.25, 0.3) is 0 Å². The van der Waals surface area contributed by atoms with Crippen LogP contribution in [0.2, 0.25) is 0 Å². The van der Waals surface area contributed by atoms with Crippen LogP contribution in [-0.2, 0) is 0 Å². The lowest BCUT2D eigenvalue weighted by Gasteiger charge is -2.39. The van der Waals surface area contributed by atoms with Gasteiger partial charge >= 0.3 is 0 Å². The molecule has 2 saturated heterocycles. The fraction of sp³-hybridized carbons (Fsp3) is 0.667. The Balaban J connectivity index is 1.61. The molecule has 116 valence electrons. The van der Waals surface area contributed by atoms with Crippen LogP contribution >= 0.6 is 0 Å². The van der Waals surface area contributed by atoms with Crippen LogP contribution in [0.1, 0.15) is 37.8 Å². The molecule has 0 radical (unpaired) electrons. The van der Waals surface area contributed by atoms with Crippen molar-refractivity contribution in [3.63, 3.8) is 0 Å². The van der Waals surface area contributed by atoms with Crippen LogP contribution in [-0.4, -0.2) is 55.1 Å². The first-order chi connectivity index (χ1) is 10.4. The number of fused-ring (bicyclic) bond motifs is 1. The molecule has 1 aromatic rings. The Bertz CT molecular complexity index is 420. The molecule has 0 spiro atoms. The van der Waals surface area contributed by atoms with Crippen LogP contribution in [0.3, 0.4) is 0 Å². The molecule has 0 amide bonds. The molecule has 0 aromatic heterocycles. The fourth-order valence-corrected chi connectivity index (χ4v) is 3.77. The number of piperazine rings is 1. The summed E-state index contributed by atoms with van der Waals surface area (Å²) in [5.74, 6) is 0. The monoisotopic (exact) mass is 287 g/mol. The lowest BCUT2D eigenvalue weighted by Crippen LogP contribution is -2.51. The molecule has 2 aliphatic rings. The Morgan fingerprint density at radius 2 is 2.05 bits per heavy atom. The van der Waals surface area contributed by atoms with Crippen molar-refractivity contribution in [3.8, 4) is 0 Å². The molecule has 2 fully saturated rings. The Hall–Kier alpha value is -0.900. The average molecular weight is 287 g/mol. The maximum atomic E-state index is 3.74. The summed E-state index contributed by atoms with van der Waals surface area (Å²) in [7, 11) is 0. The third-order valence-electron chi connectivity index (χ3n) is 4.95. The summed E-state index contributed by atoms with van der Waals surface area (Å²) in [5, 5.41) is 3.74. The highest BCUT2D eigenvalue weighted by atomic mass is 15.3. The van der Waals surface area contributed by atoms with Crippen LogP contribution < -0.4 is 5.32 Å². The van der Waals surface area contributed by atoms with Gasteiger partial charge in [0.05, 0.1) is 0 Å². The summed E-state index contributed by atoms with van der Waals surface area (Å²) >= 11 is 0. The molecule has 2 aliphatic heterocycles. The summed E-state index contributed by atoms with van der Waals surface area (Å²) in [5.41, 5.74) is 1.43. The van der Waals surface area contributed by atoms with Crippen LogP contribution in [0, 0.1) is 0 Å². The number of nitrogens with zero attached hydrogens (tertiary/aromatic N) is 2. The third kappa shape index (κ3) is 3.85. The van der Waals surface area contributed by atoms with Gasteiger partial charge in [0.2, 0.25) is 0 Å². The number of hydrogen-bond acceptors (Lipinski definition) is 3. The second-order valence-electron chi connectivity index (χ2n) is 6.51. The molecule has 21 heavy (non-hydrogen) atoms. The van der Waals surface area contributed by atoms with E-state index in [2.05, 4.69) is 52.4 Å². The maximum absolute atomic E-state index is 3.74. The Morgan fingerprint density at radius 3 is 2.86 bits per heavy atom. The molecular formula is C18H29N3. The summed E-state index contributed by atoms with van der Waals surface area (Å²) < 4.78 is 0. The number of hydrogen-bond donors (Lipinski definition) is 1. The first kappa shape index (κ1) is 15.0. The van der Waals surface area contributed by atoms with E-state index in [4.69, 9.17) is 0 Å². The lowest BCUT2D eigenvalue weighted by atomic mass is 10.0. The molecule has 3 rings (SSSR count). The van der Waals surface area contributed by atoms with Crippen LogP contribution in [0.4, 0.5) is 0 Å². The van der Waals surface area contributed by atoms with E-state index in [0.29, 0.717) is 6.04 Å². The minimum Gasteiger partial charge on any atom is -0.309 e. The minimum absolute atomic E-state index is 0.471. The molecule has 3 nitrogen and oxygen atoms in total. The van der Waals surface area contributed by atoms with E-state index >= 15 is 0 Å². The van der Waals surface area contributed by atoms with Gasteiger partial charge in [-0.1, -0.05) is 37.3 Å². The van der Waals surface area contributed by atoms with Gasteiger partial charge in [-0.15, -0.1) is 0 Å². The Morgan fingerprint density at radius 1 is 1.19 bits per heavy atom. The van der Waals surface area contributed by atoms with Crippen molar-refractivity contribution in [2.45, 2.75) is 38.3 Å². The molecule has 1 N–H and O–H groups in total. The van der Waals surface area contributed by atoms with Crippen molar-refractivity contribution >= 4 is 0 Å². The molecular weight excluding hydrogens is 258 g/mol. The third-order valence-corrected chi connectivity index (χ3v) is 4.95. The van der Waals surface area contributed by atoms with Crippen molar-refractivity contribution in [1.29, 1.82) is 0 Å². The molecule has 0 saturated carbocycles. The maximum Gasteiger partial charge on any atom is 0.0449 e. The van der Waals surface area contributed by atoms with E-state index in [-0.39, 0.29) is 0 Å².